The fraction of sp³-hybridized carbons (Fsp3) is 0.471. The lowest BCUT2D eigenvalue weighted by atomic mass is 10.1. The summed E-state index contributed by atoms with van der Waals surface area (Å²) in [6, 6.07) is 5.71. The predicted octanol–water partition coefficient (Wildman–Crippen LogP) is 3.63. The lowest BCUT2D eigenvalue weighted by Gasteiger charge is -2.27. The Morgan fingerprint density at radius 1 is 1.27 bits per heavy atom. The van der Waals surface area contributed by atoms with Crippen molar-refractivity contribution < 1.29 is 9.32 Å². The zero-order chi connectivity index (χ0) is 16.1. The lowest BCUT2D eigenvalue weighted by Crippen LogP contribution is -2.38. The molecule has 2 aromatic rings. The molecular weight excluding hydrogens is 278 g/mol. The third-order valence-corrected chi connectivity index (χ3v) is 3.80. The van der Waals surface area contributed by atoms with Gasteiger partial charge in [-0.1, -0.05) is 25.9 Å². The summed E-state index contributed by atoms with van der Waals surface area (Å²) in [5.41, 5.74) is 1.43. The van der Waals surface area contributed by atoms with Crippen LogP contribution >= 0.6 is 0 Å². The van der Waals surface area contributed by atoms with Crippen molar-refractivity contribution >= 4 is 5.91 Å². The molecule has 0 radical (unpaired) electrons. The molecule has 0 N–H and O–H groups in total. The third-order valence-electron chi connectivity index (χ3n) is 3.80. The van der Waals surface area contributed by atoms with E-state index < -0.39 is 0 Å². The van der Waals surface area contributed by atoms with Crippen LogP contribution in [0.4, 0.5) is 0 Å². The van der Waals surface area contributed by atoms with Gasteiger partial charge < -0.3 is 9.42 Å². The van der Waals surface area contributed by atoms with Crippen molar-refractivity contribution in [3.63, 3.8) is 0 Å². The normalized spacial score (nSPS) is 12.4. The molecule has 0 aliphatic heterocycles. The van der Waals surface area contributed by atoms with Crippen molar-refractivity contribution in [1.29, 1.82) is 0 Å². The van der Waals surface area contributed by atoms with Crippen molar-refractivity contribution in [2.75, 3.05) is 0 Å². The number of hydrogen-bond acceptors (Lipinski definition) is 4. The van der Waals surface area contributed by atoms with E-state index in [4.69, 9.17) is 4.52 Å². The SMILES string of the molecule is CCC(C)N(Cc1ccncc1)C(=O)c1cc(C(C)C)on1. The number of pyridine rings is 1. The van der Waals surface area contributed by atoms with Crippen LogP contribution in [0, 0.1) is 0 Å². The largest absolute Gasteiger partial charge is 0.360 e. The Morgan fingerprint density at radius 3 is 2.50 bits per heavy atom. The molecular formula is C17H23N3O2. The molecule has 22 heavy (non-hydrogen) atoms. The van der Waals surface area contributed by atoms with Gasteiger partial charge in [0, 0.05) is 37.0 Å². The summed E-state index contributed by atoms with van der Waals surface area (Å²) in [6.45, 7) is 8.68. The zero-order valence-corrected chi connectivity index (χ0v) is 13.6. The quantitative estimate of drug-likeness (QED) is 0.817. The smallest absolute Gasteiger partial charge is 0.276 e. The summed E-state index contributed by atoms with van der Waals surface area (Å²) in [5, 5.41) is 3.94. The third kappa shape index (κ3) is 3.72. The molecule has 1 amide bonds. The Kier molecular flexibility index (Phi) is 5.31. The van der Waals surface area contributed by atoms with Crippen LogP contribution < -0.4 is 0 Å². The molecule has 2 aromatic heterocycles. The minimum Gasteiger partial charge on any atom is -0.360 e. The van der Waals surface area contributed by atoms with Crippen molar-refractivity contribution in [3.05, 3.63) is 47.6 Å². The van der Waals surface area contributed by atoms with Gasteiger partial charge in [-0.2, -0.15) is 0 Å². The van der Waals surface area contributed by atoms with Crippen molar-refractivity contribution in [3.8, 4) is 0 Å². The highest BCUT2D eigenvalue weighted by Crippen LogP contribution is 2.19. The number of aromatic nitrogens is 2. The summed E-state index contributed by atoms with van der Waals surface area (Å²) < 4.78 is 5.25. The van der Waals surface area contributed by atoms with E-state index in [0.29, 0.717) is 12.2 Å². The average molecular weight is 301 g/mol. The van der Waals surface area contributed by atoms with Gasteiger partial charge in [0.1, 0.15) is 5.76 Å². The highest BCUT2D eigenvalue weighted by molar-refractivity contribution is 5.92. The molecule has 5 nitrogen and oxygen atoms in total. The number of carbonyl (C=O) groups excluding carboxylic acids is 1. The van der Waals surface area contributed by atoms with Gasteiger partial charge in [0.05, 0.1) is 0 Å². The van der Waals surface area contributed by atoms with Gasteiger partial charge in [0.25, 0.3) is 5.91 Å². The van der Waals surface area contributed by atoms with Crippen LogP contribution in [-0.2, 0) is 6.54 Å². The summed E-state index contributed by atoms with van der Waals surface area (Å²) in [6.07, 6.45) is 4.36. The van der Waals surface area contributed by atoms with Crippen LogP contribution in [0.15, 0.2) is 35.1 Å². The average Bonchev–Trinajstić information content (AvgIpc) is 3.02. The second kappa shape index (κ2) is 7.20. The van der Waals surface area contributed by atoms with Crippen LogP contribution in [0.1, 0.15) is 61.8 Å². The first-order valence-corrected chi connectivity index (χ1v) is 7.69. The second-order valence-corrected chi connectivity index (χ2v) is 5.82. The van der Waals surface area contributed by atoms with Crippen LogP contribution in [0.25, 0.3) is 0 Å². The molecule has 0 aromatic carbocycles. The van der Waals surface area contributed by atoms with Gasteiger partial charge in [0.15, 0.2) is 5.69 Å². The van der Waals surface area contributed by atoms with Gasteiger partial charge in [-0.3, -0.25) is 9.78 Å². The maximum Gasteiger partial charge on any atom is 0.276 e. The Balaban J connectivity index is 2.22. The second-order valence-electron chi connectivity index (χ2n) is 5.82. The van der Waals surface area contributed by atoms with Gasteiger partial charge in [-0.05, 0) is 31.0 Å². The predicted molar refractivity (Wildman–Crippen MR) is 84.5 cm³/mol. The van der Waals surface area contributed by atoms with Crippen LogP contribution in [0.2, 0.25) is 0 Å². The molecule has 0 bridgehead atoms. The maximum absolute atomic E-state index is 12.8. The van der Waals surface area contributed by atoms with Gasteiger partial charge in [-0.15, -0.1) is 0 Å². The number of carbonyl (C=O) groups is 1. The fourth-order valence-corrected chi connectivity index (χ4v) is 2.14. The minimum absolute atomic E-state index is 0.0955. The molecule has 2 rings (SSSR count). The highest BCUT2D eigenvalue weighted by atomic mass is 16.5. The van der Waals surface area contributed by atoms with Gasteiger partial charge in [0.2, 0.25) is 0 Å². The first-order valence-electron chi connectivity index (χ1n) is 7.69. The Morgan fingerprint density at radius 2 is 1.95 bits per heavy atom. The monoisotopic (exact) mass is 301 g/mol. The molecule has 1 unspecified atom stereocenters. The fourth-order valence-electron chi connectivity index (χ4n) is 2.14. The molecule has 2 heterocycles. The molecule has 0 fully saturated rings. The molecule has 0 saturated carbocycles. The molecule has 0 aliphatic carbocycles. The van der Waals surface area contributed by atoms with E-state index in [1.54, 1.807) is 18.5 Å². The summed E-state index contributed by atoms with van der Waals surface area (Å²) in [4.78, 5) is 18.6. The number of amides is 1. The van der Waals surface area contributed by atoms with Gasteiger partial charge >= 0.3 is 0 Å². The Bertz CT molecular complexity index is 607. The van der Waals surface area contributed by atoms with E-state index in [0.717, 1.165) is 17.7 Å². The standard InChI is InChI=1S/C17H23N3O2/c1-5-13(4)20(11-14-6-8-18-9-7-14)17(21)15-10-16(12(2)3)22-19-15/h6-10,12-13H,5,11H2,1-4H3. The highest BCUT2D eigenvalue weighted by Gasteiger charge is 2.24. The lowest BCUT2D eigenvalue weighted by molar-refractivity contribution is 0.0660. The summed E-state index contributed by atoms with van der Waals surface area (Å²) in [7, 11) is 0. The van der Waals surface area contributed by atoms with Crippen molar-refractivity contribution in [2.45, 2.75) is 52.6 Å². The molecule has 0 saturated heterocycles. The van der Waals surface area contributed by atoms with Crippen LogP contribution in [-0.4, -0.2) is 27.0 Å². The topological polar surface area (TPSA) is 59.2 Å². The van der Waals surface area contributed by atoms with Crippen LogP contribution in [0.5, 0.6) is 0 Å². The molecule has 0 aliphatic rings. The van der Waals surface area contributed by atoms with E-state index in [1.807, 2.05) is 37.8 Å². The number of rotatable bonds is 6. The Labute approximate surface area is 131 Å². The van der Waals surface area contributed by atoms with E-state index >= 15 is 0 Å². The van der Waals surface area contributed by atoms with Gasteiger partial charge in [-0.25, -0.2) is 0 Å². The van der Waals surface area contributed by atoms with E-state index in [1.165, 1.54) is 0 Å². The number of hydrogen-bond donors (Lipinski definition) is 0. The van der Waals surface area contributed by atoms with E-state index in [-0.39, 0.29) is 17.9 Å². The first-order chi connectivity index (χ1) is 10.5. The summed E-state index contributed by atoms with van der Waals surface area (Å²) >= 11 is 0. The van der Waals surface area contributed by atoms with Crippen molar-refractivity contribution in [2.24, 2.45) is 0 Å². The zero-order valence-electron chi connectivity index (χ0n) is 13.6. The molecule has 118 valence electrons. The molecule has 5 heteroatoms. The summed E-state index contributed by atoms with van der Waals surface area (Å²) in [5.74, 6) is 0.851. The minimum atomic E-state index is -0.0955. The van der Waals surface area contributed by atoms with Crippen molar-refractivity contribution in [1.82, 2.24) is 15.0 Å². The van der Waals surface area contributed by atoms with Crippen LogP contribution in [0.3, 0.4) is 0 Å². The first kappa shape index (κ1) is 16.2. The molecule has 0 spiro atoms. The Hall–Kier alpha value is -2.17. The van der Waals surface area contributed by atoms with E-state index in [9.17, 15) is 4.79 Å². The van der Waals surface area contributed by atoms with E-state index in [2.05, 4.69) is 17.1 Å². The number of nitrogens with zero attached hydrogens (tertiary/aromatic N) is 3. The maximum atomic E-state index is 12.8. The molecule has 1 atom stereocenters.